The zero-order valence-electron chi connectivity index (χ0n) is 12.0. The van der Waals surface area contributed by atoms with E-state index in [1.54, 1.807) is 18.2 Å². The molecule has 4 heteroatoms. The van der Waals surface area contributed by atoms with E-state index in [9.17, 15) is 9.59 Å². The number of carboxylic acid groups (broad SMARTS) is 1. The third-order valence-electron chi connectivity index (χ3n) is 3.60. The van der Waals surface area contributed by atoms with Crippen molar-refractivity contribution in [2.45, 2.75) is 13.3 Å². The Morgan fingerprint density at radius 3 is 2.59 bits per heavy atom. The fourth-order valence-electron chi connectivity index (χ4n) is 2.59. The molecule has 4 nitrogen and oxygen atoms in total. The summed E-state index contributed by atoms with van der Waals surface area (Å²) in [6.45, 7) is 1.98. The van der Waals surface area contributed by atoms with Crippen molar-refractivity contribution in [1.29, 1.82) is 0 Å². The van der Waals surface area contributed by atoms with Crippen LogP contribution in [0.1, 0.15) is 11.1 Å². The minimum absolute atomic E-state index is 0.103. The van der Waals surface area contributed by atoms with E-state index >= 15 is 0 Å². The van der Waals surface area contributed by atoms with Crippen LogP contribution in [-0.4, -0.2) is 11.1 Å². The smallest absolute Gasteiger partial charge is 0.336 e. The molecule has 0 saturated carbocycles. The second-order valence-corrected chi connectivity index (χ2v) is 5.20. The Morgan fingerprint density at radius 1 is 1.09 bits per heavy atom. The molecule has 1 N–H and O–H groups in total. The van der Waals surface area contributed by atoms with Crippen LogP contribution in [0.2, 0.25) is 0 Å². The Labute approximate surface area is 126 Å². The van der Waals surface area contributed by atoms with E-state index in [1.807, 2.05) is 31.2 Å². The molecule has 22 heavy (non-hydrogen) atoms. The van der Waals surface area contributed by atoms with Crippen LogP contribution in [0.25, 0.3) is 22.1 Å². The van der Waals surface area contributed by atoms with E-state index in [0.717, 1.165) is 22.1 Å². The van der Waals surface area contributed by atoms with Crippen LogP contribution in [-0.2, 0) is 11.2 Å². The molecule has 0 aliphatic carbocycles. The van der Waals surface area contributed by atoms with Crippen LogP contribution < -0.4 is 5.63 Å². The van der Waals surface area contributed by atoms with E-state index < -0.39 is 11.6 Å². The Morgan fingerprint density at radius 2 is 1.86 bits per heavy atom. The first-order chi connectivity index (χ1) is 10.5. The fraction of sp³-hybridized carbons (Fsp3) is 0.111. The zero-order chi connectivity index (χ0) is 15.7. The number of aliphatic carboxylic acids is 1. The van der Waals surface area contributed by atoms with Gasteiger partial charge in [0.25, 0.3) is 0 Å². The molecule has 3 aromatic rings. The second-order valence-electron chi connectivity index (χ2n) is 5.20. The van der Waals surface area contributed by atoms with Gasteiger partial charge >= 0.3 is 11.6 Å². The van der Waals surface area contributed by atoms with Crippen LogP contribution in [0.4, 0.5) is 0 Å². The Kier molecular flexibility index (Phi) is 3.51. The molecule has 3 rings (SSSR count). The molecule has 0 bridgehead atoms. The maximum absolute atomic E-state index is 11.8. The van der Waals surface area contributed by atoms with Crippen molar-refractivity contribution >= 4 is 16.9 Å². The fourth-order valence-corrected chi connectivity index (χ4v) is 2.59. The largest absolute Gasteiger partial charge is 0.481 e. The van der Waals surface area contributed by atoms with Gasteiger partial charge in [-0.15, -0.1) is 0 Å². The number of hydrogen-bond donors (Lipinski definition) is 1. The number of aryl methyl sites for hydroxylation is 1. The van der Waals surface area contributed by atoms with Gasteiger partial charge < -0.3 is 9.52 Å². The number of rotatable bonds is 3. The Bertz CT molecular complexity index is 922. The molecule has 0 spiro atoms. The van der Waals surface area contributed by atoms with Crippen LogP contribution in [0.5, 0.6) is 0 Å². The summed E-state index contributed by atoms with van der Waals surface area (Å²) >= 11 is 0. The Balaban J connectivity index is 2.26. The van der Waals surface area contributed by atoms with Crippen LogP contribution in [0.3, 0.4) is 0 Å². The third-order valence-corrected chi connectivity index (χ3v) is 3.60. The maximum atomic E-state index is 11.8. The van der Waals surface area contributed by atoms with Crippen LogP contribution >= 0.6 is 0 Å². The highest BCUT2D eigenvalue weighted by atomic mass is 16.4. The molecule has 0 aliphatic rings. The molecule has 0 unspecified atom stereocenters. The molecule has 0 fully saturated rings. The van der Waals surface area contributed by atoms with Gasteiger partial charge in [-0.25, -0.2) is 4.79 Å². The molecule has 1 aromatic heterocycles. The first-order valence-electron chi connectivity index (χ1n) is 6.89. The Hall–Kier alpha value is -2.88. The lowest BCUT2D eigenvalue weighted by atomic mass is 9.97. The minimum Gasteiger partial charge on any atom is -0.481 e. The quantitative estimate of drug-likeness (QED) is 0.752. The van der Waals surface area contributed by atoms with Crippen molar-refractivity contribution in [3.05, 3.63) is 70.1 Å². The van der Waals surface area contributed by atoms with Gasteiger partial charge in [-0.3, -0.25) is 4.79 Å². The van der Waals surface area contributed by atoms with E-state index in [-0.39, 0.29) is 6.42 Å². The summed E-state index contributed by atoms with van der Waals surface area (Å²) in [7, 11) is 0. The van der Waals surface area contributed by atoms with Gasteiger partial charge in [-0.05, 0) is 29.7 Å². The van der Waals surface area contributed by atoms with Crippen LogP contribution in [0.15, 0.2) is 57.7 Å². The predicted octanol–water partition coefficient (Wildman–Crippen LogP) is 3.40. The SMILES string of the molecule is Cc1ccccc1-c1cc(=O)oc2cc(CC(=O)O)ccc12. The molecule has 0 aliphatic heterocycles. The van der Waals surface area contributed by atoms with Gasteiger partial charge in [0.2, 0.25) is 0 Å². The third kappa shape index (κ3) is 2.63. The summed E-state index contributed by atoms with van der Waals surface area (Å²) in [4.78, 5) is 22.7. The minimum atomic E-state index is -0.920. The summed E-state index contributed by atoms with van der Waals surface area (Å²) in [6.07, 6.45) is -0.103. The van der Waals surface area contributed by atoms with Gasteiger partial charge in [-0.1, -0.05) is 36.4 Å². The zero-order valence-corrected chi connectivity index (χ0v) is 12.0. The summed E-state index contributed by atoms with van der Waals surface area (Å²) in [5, 5.41) is 9.66. The topological polar surface area (TPSA) is 67.5 Å². The van der Waals surface area contributed by atoms with E-state index in [2.05, 4.69) is 0 Å². The van der Waals surface area contributed by atoms with E-state index in [4.69, 9.17) is 9.52 Å². The molecular formula is C18H14O4. The average molecular weight is 294 g/mol. The van der Waals surface area contributed by atoms with Crippen molar-refractivity contribution in [2.24, 2.45) is 0 Å². The lowest BCUT2D eigenvalue weighted by Crippen LogP contribution is -2.02. The van der Waals surface area contributed by atoms with Gasteiger partial charge in [0.05, 0.1) is 6.42 Å². The summed E-state index contributed by atoms with van der Waals surface area (Å²) < 4.78 is 5.24. The van der Waals surface area contributed by atoms with Crippen molar-refractivity contribution in [3.8, 4) is 11.1 Å². The first kappa shape index (κ1) is 14.1. The molecule has 110 valence electrons. The number of carboxylic acids is 1. The van der Waals surface area contributed by atoms with Crippen LogP contribution in [0, 0.1) is 6.92 Å². The van der Waals surface area contributed by atoms with Crippen molar-refractivity contribution < 1.29 is 14.3 Å². The summed E-state index contributed by atoms with van der Waals surface area (Å²) in [5.74, 6) is -0.920. The van der Waals surface area contributed by atoms with E-state index in [1.165, 1.54) is 6.07 Å². The maximum Gasteiger partial charge on any atom is 0.336 e. The molecule has 0 radical (unpaired) electrons. The van der Waals surface area contributed by atoms with Crippen molar-refractivity contribution in [2.75, 3.05) is 0 Å². The first-order valence-corrected chi connectivity index (χ1v) is 6.89. The van der Waals surface area contributed by atoms with Crippen molar-refractivity contribution in [1.82, 2.24) is 0 Å². The second kappa shape index (κ2) is 5.48. The van der Waals surface area contributed by atoms with Gasteiger partial charge in [-0.2, -0.15) is 0 Å². The highest BCUT2D eigenvalue weighted by Gasteiger charge is 2.11. The molecule has 1 heterocycles. The van der Waals surface area contributed by atoms with Gasteiger partial charge in [0.1, 0.15) is 5.58 Å². The number of hydrogen-bond acceptors (Lipinski definition) is 3. The molecule has 0 amide bonds. The lowest BCUT2D eigenvalue weighted by Gasteiger charge is -2.09. The normalized spacial score (nSPS) is 10.8. The number of carbonyl (C=O) groups is 1. The molecule has 0 saturated heterocycles. The monoisotopic (exact) mass is 294 g/mol. The summed E-state index contributed by atoms with van der Waals surface area (Å²) in [6, 6.07) is 14.4. The average Bonchev–Trinajstić information content (AvgIpc) is 2.46. The standard InChI is InChI=1S/C18H14O4/c1-11-4-2-3-5-13(11)15-10-18(21)22-16-8-12(9-17(19)20)6-7-14(15)16/h2-8,10H,9H2,1H3,(H,19,20). The number of benzene rings is 2. The predicted molar refractivity (Wildman–Crippen MR) is 84.0 cm³/mol. The van der Waals surface area contributed by atoms with Gasteiger partial charge in [0, 0.05) is 17.0 Å². The highest BCUT2D eigenvalue weighted by molar-refractivity contribution is 5.94. The van der Waals surface area contributed by atoms with Crippen molar-refractivity contribution in [3.63, 3.8) is 0 Å². The number of fused-ring (bicyclic) bond motifs is 1. The lowest BCUT2D eigenvalue weighted by molar-refractivity contribution is -0.136. The van der Waals surface area contributed by atoms with Gasteiger partial charge in [0.15, 0.2) is 0 Å². The molecule has 0 atom stereocenters. The van der Waals surface area contributed by atoms with E-state index in [0.29, 0.717) is 11.1 Å². The summed E-state index contributed by atoms with van der Waals surface area (Å²) in [5.41, 5.74) is 3.38. The molecule has 2 aromatic carbocycles. The highest BCUT2D eigenvalue weighted by Crippen LogP contribution is 2.30. The molecular weight excluding hydrogens is 280 g/mol.